The number of carbonyl (C=O) groups excluding carboxylic acids is 1. The summed E-state index contributed by atoms with van der Waals surface area (Å²) in [5, 5.41) is 11.2. The number of methoxy groups -OCH3 is 1. The summed E-state index contributed by atoms with van der Waals surface area (Å²) in [6.07, 6.45) is 0.593. The van der Waals surface area contributed by atoms with Gasteiger partial charge in [0, 0.05) is 17.8 Å². The summed E-state index contributed by atoms with van der Waals surface area (Å²) in [5.74, 6) is 0.280. The van der Waals surface area contributed by atoms with Crippen LogP contribution in [0.5, 0.6) is 11.5 Å². The lowest BCUT2D eigenvalue weighted by Crippen LogP contribution is -2.59. The van der Waals surface area contributed by atoms with Crippen LogP contribution < -0.4 is 15.0 Å². The number of fused-ring (bicyclic) bond motifs is 1. The minimum atomic E-state index is -1.45. The van der Waals surface area contributed by atoms with E-state index < -0.39 is 23.3 Å². The van der Waals surface area contributed by atoms with Crippen LogP contribution in [-0.2, 0) is 4.74 Å². The van der Waals surface area contributed by atoms with Gasteiger partial charge >= 0.3 is 5.97 Å². The van der Waals surface area contributed by atoms with Gasteiger partial charge in [-0.3, -0.25) is 4.79 Å². The number of benzene rings is 1. The standard InChI is InChI=1S/C19H21NO6/c1-18(2)19(3,23)16(25-12-7-8-20-15(21)10-12)13-9-11(17(22)24-4)5-6-14(13)26-18/h5-10,16,23H,1-4H3,(H,20,21). The van der Waals surface area contributed by atoms with Gasteiger partial charge in [0.2, 0.25) is 0 Å². The molecule has 0 aliphatic carbocycles. The molecule has 1 aromatic carbocycles. The predicted octanol–water partition coefficient (Wildman–Crippen LogP) is 2.20. The second-order valence-corrected chi connectivity index (χ2v) is 6.89. The maximum absolute atomic E-state index is 11.9. The second-order valence-electron chi connectivity index (χ2n) is 6.89. The van der Waals surface area contributed by atoms with Crippen LogP contribution in [0.4, 0.5) is 0 Å². The fourth-order valence-electron chi connectivity index (χ4n) is 2.90. The quantitative estimate of drug-likeness (QED) is 0.816. The first-order chi connectivity index (χ1) is 12.2. The van der Waals surface area contributed by atoms with Gasteiger partial charge in [-0.25, -0.2) is 4.79 Å². The van der Waals surface area contributed by atoms with E-state index in [0.29, 0.717) is 22.6 Å². The SMILES string of the molecule is COC(=O)c1ccc2c(c1)C(Oc1cc[nH]c(=O)c1)C(C)(O)C(C)(C)O2. The molecule has 0 saturated heterocycles. The number of hydrogen-bond donors (Lipinski definition) is 2. The van der Waals surface area contributed by atoms with E-state index in [2.05, 4.69) is 4.98 Å². The lowest BCUT2D eigenvalue weighted by molar-refractivity contribution is -0.174. The highest BCUT2D eigenvalue weighted by Gasteiger charge is 2.54. The number of H-pyrrole nitrogens is 1. The fourth-order valence-corrected chi connectivity index (χ4v) is 2.90. The summed E-state index contributed by atoms with van der Waals surface area (Å²) in [7, 11) is 1.29. The Hall–Kier alpha value is -2.80. The molecule has 138 valence electrons. The molecule has 0 radical (unpaired) electrons. The maximum Gasteiger partial charge on any atom is 0.337 e. The number of pyridine rings is 1. The summed E-state index contributed by atoms with van der Waals surface area (Å²) in [4.78, 5) is 26.0. The molecule has 0 saturated carbocycles. The van der Waals surface area contributed by atoms with Crippen molar-refractivity contribution in [1.82, 2.24) is 4.98 Å². The number of rotatable bonds is 3. The molecule has 3 rings (SSSR count). The van der Waals surface area contributed by atoms with Crippen molar-refractivity contribution in [2.75, 3.05) is 7.11 Å². The zero-order chi connectivity index (χ0) is 19.1. The zero-order valence-corrected chi connectivity index (χ0v) is 15.0. The second kappa shape index (κ2) is 6.17. The Balaban J connectivity index is 2.13. The molecule has 7 heteroatoms. The van der Waals surface area contributed by atoms with Gasteiger partial charge in [-0.05, 0) is 45.0 Å². The van der Waals surface area contributed by atoms with Crippen LogP contribution in [0.15, 0.2) is 41.3 Å². The number of esters is 1. The molecule has 0 spiro atoms. The van der Waals surface area contributed by atoms with Crippen LogP contribution in [0, 0.1) is 0 Å². The van der Waals surface area contributed by atoms with Crippen LogP contribution in [0.25, 0.3) is 0 Å². The molecular formula is C19H21NO6. The van der Waals surface area contributed by atoms with Gasteiger partial charge in [0.1, 0.15) is 22.7 Å². The van der Waals surface area contributed by atoms with Gasteiger partial charge in [-0.1, -0.05) is 0 Å². The number of aromatic nitrogens is 1. The van der Waals surface area contributed by atoms with E-state index >= 15 is 0 Å². The topological polar surface area (TPSA) is 97.9 Å². The molecule has 0 amide bonds. The van der Waals surface area contributed by atoms with Gasteiger partial charge in [0.25, 0.3) is 5.56 Å². The van der Waals surface area contributed by atoms with E-state index in [4.69, 9.17) is 14.2 Å². The Morgan fingerprint density at radius 2 is 1.96 bits per heavy atom. The van der Waals surface area contributed by atoms with E-state index in [1.165, 1.54) is 19.4 Å². The van der Waals surface area contributed by atoms with E-state index in [9.17, 15) is 14.7 Å². The Kier molecular flexibility index (Phi) is 4.28. The van der Waals surface area contributed by atoms with Crippen molar-refractivity contribution >= 4 is 5.97 Å². The van der Waals surface area contributed by atoms with E-state index in [0.717, 1.165) is 0 Å². The first kappa shape index (κ1) is 18.0. The molecule has 7 nitrogen and oxygen atoms in total. The van der Waals surface area contributed by atoms with Gasteiger partial charge in [-0.2, -0.15) is 0 Å². The highest BCUT2D eigenvalue weighted by Crippen LogP contribution is 2.48. The van der Waals surface area contributed by atoms with Gasteiger partial charge in [0.15, 0.2) is 6.10 Å². The molecular weight excluding hydrogens is 338 g/mol. The van der Waals surface area contributed by atoms with Crippen LogP contribution in [-0.4, -0.2) is 34.4 Å². The summed E-state index contributed by atoms with van der Waals surface area (Å²) in [6.45, 7) is 5.09. The number of aromatic amines is 1. The van der Waals surface area contributed by atoms with Crippen LogP contribution in [0.1, 0.15) is 42.8 Å². The highest BCUT2D eigenvalue weighted by atomic mass is 16.6. The van der Waals surface area contributed by atoms with E-state index in [1.807, 2.05) is 0 Å². The maximum atomic E-state index is 11.9. The number of hydrogen-bond acceptors (Lipinski definition) is 6. The van der Waals surface area contributed by atoms with Crippen LogP contribution >= 0.6 is 0 Å². The van der Waals surface area contributed by atoms with Crippen molar-refractivity contribution in [2.24, 2.45) is 0 Å². The van der Waals surface area contributed by atoms with Gasteiger partial charge < -0.3 is 24.3 Å². The molecule has 2 heterocycles. The number of nitrogens with one attached hydrogen (secondary N) is 1. The Labute approximate surface area is 150 Å². The Morgan fingerprint density at radius 1 is 1.23 bits per heavy atom. The van der Waals surface area contributed by atoms with Crippen LogP contribution in [0.2, 0.25) is 0 Å². The zero-order valence-electron chi connectivity index (χ0n) is 15.0. The van der Waals surface area contributed by atoms with Crippen molar-refractivity contribution < 1.29 is 24.1 Å². The third-order valence-electron chi connectivity index (χ3n) is 4.81. The fraction of sp³-hybridized carbons (Fsp3) is 0.368. The van der Waals surface area contributed by atoms with Crippen molar-refractivity contribution in [3.8, 4) is 11.5 Å². The van der Waals surface area contributed by atoms with Gasteiger partial charge in [0.05, 0.1) is 12.7 Å². The predicted molar refractivity (Wildman–Crippen MR) is 93.5 cm³/mol. The molecule has 2 aromatic rings. The molecule has 2 N–H and O–H groups in total. The highest BCUT2D eigenvalue weighted by molar-refractivity contribution is 5.89. The average Bonchev–Trinajstić information content (AvgIpc) is 2.58. The Morgan fingerprint density at radius 3 is 2.62 bits per heavy atom. The molecule has 1 aliphatic rings. The van der Waals surface area contributed by atoms with Crippen molar-refractivity contribution in [3.05, 3.63) is 58.0 Å². The van der Waals surface area contributed by atoms with Crippen molar-refractivity contribution in [2.45, 2.75) is 38.1 Å². The molecule has 0 bridgehead atoms. The molecule has 0 fully saturated rings. The lowest BCUT2D eigenvalue weighted by Gasteiger charge is -2.49. The largest absolute Gasteiger partial charge is 0.484 e. The number of aliphatic hydroxyl groups is 1. The monoisotopic (exact) mass is 359 g/mol. The van der Waals surface area contributed by atoms with Crippen molar-refractivity contribution in [1.29, 1.82) is 0 Å². The van der Waals surface area contributed by atoms with Crippen molar-refractivity contribution in [3.63, 3.8) is 0 Å². The molecule has 1 aromatic heterocycles. The molecule has 26 heavy (non-hydrogen) atoms. The Bertz CT molecular complexity index is 899. The number of carbonyl (C=O) groups is 1. The summed E-state index contributed by atoms with van der Waals surface area (Å²) < 4.78 is 16.7. The normalized spacial score (nSPS) is 23.5. The third-order valence-corrected chi connectivity index (χ3v) is 4.81. The molecule has 1 aliphatic heterocycles. The molecule has 2 atom stereocenters. The minimum absolute atomic E-state index is 0.297. The first-order valence-corrected chi connectivity index (χ1v) is 8.15. The van der Waals surface area contributed by atoms with Crippen LogP contribution in [0.3, 0.4) is 0 Å². The summed E-state index contributed by atoms with van der Waals surface area (Å²) in [6, 6.07) is 7.69. The lowest BCUT2D eigenvalue weighted by atomic mass is 9.76. The van der Waals surface area contributed by atoms with E-state index in [1.54, 1.807) is 45.0 Å². The third kappa shape index (κ3) is 2.94. The average molecular weight is 359 g/mol. The molecule has 2 unspecified atom stereocenters. The number of ether oxygens (including phenoxy) is 3. The van der Waals surface area contributed by atoms with E-state index in [-0.39, 0.29) is 5.56 Å². The minimum Gasteiger partial charge on any atom is -0.484 e. The van der Waals surface area contributed by atoms with Gasteiger partial charge in [-0.15, -0.1) is 0 Å². The first-order valence-electron chi connectivity index (χ1n) is 8.15. The summed E-state index contributed by atoms with van der Waals surface area (Å²) >= 11 is 0. The smallest absolute Gasteiger partial charge is 0.337 e. The summed E-state index contributed by atoms with van der Waals surface area (Å²) in [5.41, 5.74) is -1.94.